The molecule has 116 valence electrons. The normalized spacial score (nSPS) is 19.1. The molecule has 0 aliphatic carbocycles. The Balaban J connectivity index is 1.99. The summed E-state index contributed by atoms with van der Waals surface area (Å²) >= 11 is 0. The first-order valence-corrected chi connectivity index (χ1v) is 8.28. The number of rotatable bonds is 11. The largest absolute Gasteiger partial charge is 0.305 e. The van der Waals surface area contributed by atoms with Crippen molar-refractivity contribution in [2.24, 2.45) is 0 Å². The van der Waals surface area contributed by atoms with Crippen LogP contribution in [0, 0.1) is 0 Å². The van der Waals surface area contributed by atoms with Crippen LogP contribution in [0.15, 0.2) is 0 Å². The number of hydrogen-bond donors (Lipinski definition) is 1. The van der Waals surface area contributed by atoms with Crippen molar-refractivity contribution in [1.82, 2.24) is 10.2 Å². The molecule has 0 aromatic rings. The molecule has 2 amide bonds. The topological polar surface area (TPSA) is 49.4 Å². The summed E-state index contributed by atoms with van der Waals surface area (Å²) in [6.45, 7) is 5.42. The molecule has 1 atom stereocenters. The highest BCUT2D eigenvalue weighted by Crippen LogP contribution is 2.13. The minimum atomic E-state index is -0.271. The first-order valence-electron chi connectivity index (χ1n) is 8.28. The van der Waals surface area contributed by atoms with Gasteiger partial charge in [0.15, 0.2) is 0 Å². The second-order valence-electron chi connectivity index (χ2n) is 5.66. The molecule has 1 fully saturated rings. The number of amides is 2. The van der Waals surface area contributed by atoms with Crippen LogP contribution in [0.2, 0.25) is 0 Å². The van der Waals surface area contributed by atoms with Gasteiger partial charge in [-0.25, -0.2) is 0 Å². The van der Waals surface area contributed by atoms with E-state index in [-0.39, 0.29) is 17.9 Å². The van der Waals surface area contributed by atoms with Gasteiger partial charge in [0, 0.05) is 6.54 Å². The summed E-state index contributed by atoms with van der Waals surface area (Å²) < 4.78 is 0. The quantitative estimate of drug-likeness (QED) is 0.468. The minimum absolute atomic E-state index is 0.0362. The zero-order valence-electron chi connectivity index (χ0n) is 13.1. The molecule has 20 heavy (non-hydrogen) atoms. The van der Waals surface area contributed by atoms with Crippen LogP contribution in [0.25, 0.3) is 0 Å². The monoisotopic (exact) mass is 282 g/mol. The Morgan fingerprint density at radius 2 is 1.60 bits per heavy atom. The number of imide groups is 1. The fraction of sp³-hybridized carbons (Fsp3) is 0.875. The van der Waals surface area contributed by atoms with E-state index < -0.39 is 0 Å². The average molecular weight is 282 g/mol. The van der Waals surface area contributed by atoms with Crippen molar-refractivity contribution in [2.75, 3.05) is 13.1 Å². The van der Waals surface area contributed by atoms with Crippen molar-refractivity contribution >= 4 is 11.8 Å². The van der Waals surface area contributed by atoms with Gasteiger partial charge in [-0.15, -0.1) is 0 Å². The van der Waals surface area contributed by atoms with E-state index >= 15 is 0 Å². The van der Waals surface area contributed by atoms with Gasteiger partial charge in [0.2, 0.25) is 11.8 Å². The van der Waals surface area contributed by atoms with E-state index in [2.05, 4.69) is 12.2 Å². The molecule has 0 spiro atoms. The zero-order chi connectivity index (χ0) is 14.8. The first kappa shape index (κ1) is 17.2. The molecule has 0 saturated carbocycles. The number of nitrogens with one attached hydrogen (secondary N) is 1. The van der Waals surface area contributed by atoms with Gasteiger partial charge in [0.25, 0.3) is 0 Å². The fourth-order valence-corrected chi connectivity index (χ4v) is 2.71. The van der Waals surface area contributed by atoms with Gasteiger partial charge in [-0.05, 0) is 19.9 Å². The molecular formula is C16H30N2O2. The Morgan fingerprint density at radius 1 is 1.00 bits per heavy atom. The Bertz CT molecular complexity index is 305. The van der Waals surface area contributed by atoms with Gasteiger partial charge in [-0.2, -0.15) is 0 Å². The van der Waals surface area contributed by atoms with Crippen LogP contribution in [-0.4, -0.2) is 35.8 Å². The molecule has 1 N–H and O–H groups in total. The Hall–Kier alpha value is -0.900. The number of unbranched alkanes of at least 4 members (excludes halogenated alkanes) is 7. The second-order valence-corrected chi connectivity index (χ2v) is 5.66. The van der Waals surface area contributed by atoms with Gasteiger partial charge < -0.3 is 5.32 Å². The Labute approximate surface area is 123 Å². The maximum Gasteiger partial charge on any atom is 0.246 e. The molecule has 1 saturated heterocycles. The first-order chi connectivity index (χ1) is 9.70. The molecular weight excluding hydrogens is 252 g/mol. The maximum atomic E-state index is 11.9. The van der Waals surface area contributed by atoms with Gasteiger partial charge >= 0.3 is 0 Å². The third-order valence-corrected chi connectivity index (χ3v) is 3.98. The van der Waals surface area contributed by atoms with Crippen molar-refractivity contribution < 1.29 is 9.59 Å². The van der Waals surface area contributed by atoms with E-state index in [1.165, 1.54) is 49.8 Å². The summed E-state index contributed by atoms with van der Waals surface area (Å²) in [5.74, 6) is -0.0806. The van der Waals surface area contributed by atoms with E-state index in [0.717, 1.165) is 13.0 Å². The van der Waals surface area contributed by atoms with Crippen molar-refractivity contribution in [3.8, 4) is 0 Å². The predicted octanol–water partition coefficient (Wildman–Crippen LogP) is 2.86. The molecule has 1 aliphatic heterocycles. The van der Waals surface area contributed by atoms with Crippen LogP contribution < -0.4 is 5.32 Å². The van der Waals surface area contributed by atoms with Gasteiger partial charge in [-0.1, -0.05) is 51.9 Å². The van der Waals surface area contributed by atoms with Crippen molar-refractivity contribution in [2.45, 2.75) is 77.7 Å². The van der Waals surface area contributed by atoms with Gasteiger partial charge in [0.05, 0.1) is 12.5 Å². The highest BCUT2D eigenvalue weighted by molar-refractivity contribution is 6.05. The molecule has 1 unspecified atom stereocenters. The van der Waals surface area contributed by atoms with E-state index in [4.69, 9.17) is 0 Å². The van der Waals surface area contributed by atoms with Crippen LogP contribution in [0.3, 0.4) is 0 Å². The van der Waals surface area contributed by atoms with Crippen molar-refractivity contribution in [1.29, 1.82) is 0 Å². The van der Waals surface area contributed by atoms with Crippen molar-refractivity contribution in [3.05, 3.63) is 0 Å². The lowest BCUT2D eigenvalue weighted by Gasteiger charge is -2.12. The summed E-state index contributed by atoms with van der Waals surface area (Å²) in [6, 6.07) is -0.271. The van der Waals surface area contributed by atoms with Crippen molar-refractivity contribution in [3.63, 3.8) is 0 Å². The second kappa shape index (κ2) is 9.92. The number of nitrogens with zero attached hydrogens (tertiary/aromatic N) is 1. The molecule has 0 aromatic heterocycles. The summed E-state index contributed by atoms with van der Waals surface area (Å²) in [6.07, 6.45) is 10.6. The molecule has 1 rings (SSSR count). The van der Waals surface area contributed by atoms with Crippen LogP contribution >= 0.6 is 0 Å². The lowest BCUT2D eigenvalue weighted by atomic mass is 10.1. The van der Waals surface area contributed by atoms with E-state index in [9.17, 15) is 9.59 Å². The van der Waals surface area contributed by atoms with E-state index in [0.29, 0.717) is 13.0 Å². The minimum Gasteiger partial charge on any atom is -0.305 e. The average Bonchev–Trinajstić information content (AvgIpc) is 2.71. The van der Waals surface area contributed by atoms with Crippen LogP contribution in [-0.2, 0) is 9.59 Å². The smallest absolute Gasteiger partial charge is 0.246 e. The van der Waals surface area contributed by atoms with Crippen LogP contribution in [0.4, 0.5) is 0 Å². The highest BCUT2D eigenvalue weighted by Gasteiger charge is 2.36. The van der Waals surface area contributed by atoms with E-state index in [1.54, 1.807) is 0 Å². The lowest BCUT2D eigenvalue weighted by molar-refractivity contribution is -0.138. The molecule has 1 heterocycles. The fourth-order valence-electron chi connectivity index (χ4n) is 2.71. The maximum absolute atomic E-state index is 11.9. The summed E-state index contributed by atoms with van der Waals surface area (Å²) in [7, 11) is 0. The molecule has 0 bridgehead atoms. The van der Waals surface area contributed by atoms with Crippen LogP contribution in [0.5, 0.6) is 0 Å². The van der Waals surface area contributed by atoms with Gasteiger partial charge in [0.1, 0.15) is 0 Å². The Kier molecular flexibility index (Phi) is 8.51. The number of carbonyl (C=O) groups excluding carboxylic acids is 2. The third kappa shape index (κ3) is 5.61. The predicted molar refractivity (Wildman–Crippen MR) is 81.4 cm³/mol. The Morgan fingerprint density at radius 3 is 2.15 bits per heavy atom. The zero-order valence-corrected chi connectivity index (χ0v) is 13.1. The SMILES string of the molecule is CCCCCCCCCCNC1CC(=O)N(CC)C1=O. The lowest BCUT2D eigenvalue weighted by Crippen LogP contribution is -2.39. The van der Waals surface area contributed by atoms with Crippen LogP contribution in [0.1, 0.15) is 71.6 Å². The molecule has 1 aliphatic rings. The summed E-state index contributed by atoms with van der Waals surface area (Å²) in [5, 5.41) is 3.23. The summed E-state index contributed by atoms with van der Waals surface area (Å²) in [5.41, 5.74) is 0. The highest BCUT2D eigenvalue weighted by atomic mass is 16.2. The molecule has 4 heteroatoms. The number of likely N-dealkylation sites (N-methyl/N-ethyl adjacent to an activating group) is 1. The summed E-state index contributed by atoms with van der Waals surface area (Å²) in [4.78, 5) is 24.8. The number of likely N-dealkylation sites (tertiary alicyclic amines) is 1. The number of carbonyl (C=O) groups is 2. The van der Waals surface area contributed by atoms with Gasteiger partial charge in [-0.3, -0.25) is 14.5 Å². The molecule has 4 nitrogen and oxygen atoms in total. The molecule has 0 aromatic carbocycles. The number of hydrogen-bond acceptors (Lipinski definition) is 3. The third-order valence-electron chi connectivity index (χ3n) is 3.98. The standard InChI is InChI=1S/C16H30N2O2/c1-3-5-6-7-8-9-10-11-12-17-14-13-15(19)18(4-2)16(14)20/h14,17H,3-13H2,1-2H3. The van der Waals surface area contributed by atoms with E-state index in [1.807, 2.05) is 6.92 Å². The molecule has 0 radical (unpaired) electrons.